The highest BCUT2D eigenvalue weighted by atomic mass is 16.2. The van der Waals surface area contributed by atoms with Crippen molar-refractivity contribution < 1.29 is 14.3 Å². The third-order valence-electron chi connectivity index (χ3n) is 8.09. The molecule has 164 valence electrons. The Morgan fingerprint density at radius 3 is 1.83 bits per heavy atom. The average Bonchev–Trinajstić information content (AvgIpc) is 2.71. The Morgan fingerprint density at radius 2 is 1.31 bits per heavy atom. The first-order valence-electron chi connectivity index (χ1n) is 12.1. The summed E-state index contributed by atoms with van der Waals surface area (Å²) in [5.74, 6) is -0.177. The molecule has 4 nitrogen and oxygen atoms in total. The highest BCUT2D eigenvalue weighted by molar-refractivity contribution is 6.17. The zero-order valence-corrected chi connectivity index (χ0v) is 19.4. The van der Waals surface area contributed by atoms with Crippen molar-refractivity contribution in [3.8, 4) is 0 Å². The lowest BCUT2D eigenvalue weighted by Crippen LogP contribution is -2.58. The van der Waals surface area contributed by atoms with Gasteiger partial charge in [-0.25, -0.2) is 0 Å². The normalized spacial score (nSPS) is 34.7. The van der Waals surface area contributed by atoms with Crippen molar-refractivity contribution in [3.05, 3.63) is 5.53 Å². The molecule has 29 heavy (non-hydrogen) atoms. The molecule has 4 heteroatoms. The number of hydrogen-bond acceptors (Lipinski definition) is 2. The van der Waals surface area contributed by atoms with E-state index in [0.717, 1.165) is 19.3 Å². The largest absolute Gasteiger partial charge is 0.506 e. The zero-order valence-electron chi connectivity index (χ0n) is 19.4. The number of rotatable bonds is 10. The second-order valence-corrected chi connectivity index (χ2v) is 11.6. The Morgan fingerprint density at radius 1 is 0.828 bits per heavy atom. The van der Waals surface area contributed by atoms with E-state index in [2.05, 4.69) is 34.6 Å². The van der Waals surface area contributed by atoms with Gasteiger partial charge in [-0.05, 0) is 19.3 Å². The summed E-state index contributed by atoms with van der Waals surface area (Å²) in [6.07, 6.45) is 13.1. The standard InChI is InChI=1S/C25H42N2O2/c1-6-7-8-9-10-11-12-13-14-15-18-19-21(29)25(20(18)28)16-23(2,3)22(27(19)26)24(4,5)17-25/h18-19,22H,6-17H2,1-5H3. The Bertz CT molecular complexity index is 646. The molecule has 0 aromatic carbocycles. The van der Waals surface area contributed by atoms with E-state index in [1.807, 2.05) is 0 Å². The van der Waals surface area contributed by atoms with Gasteiger partial charge in [-0.3, -0.25) is 9.59 Å². The molecule has 2 saturated heterocycles. The van der Waals surface area contributed by atoms with Crippen molar-refractivity contribution in [3.63, 3.8) is 0 Å². The summed E-state index contributed by atoms with van der Waals surface area (Å²) in [4.78, 5) is 27.0. The van der Waals surface area contributed by atoms with Crippen LogP contribution in [0, 0.1) is 22.2 Å². The summed E-state index contributed by atoms with van der Waals surface area (Å²) in [6.45, 7) is 10.7. The molecule has 4 aliphatic rings. The van der Waals surface area contributed by atoms with Crippen molar-refractivity contribution in [1.29, 1.82) is 0 Å². The van der Waals surface area contributed by atoms with Gasteiger partial charge in [-0.1, -0.05) is 92.4 Å². The average molecular weight is 403 g/mol. The molecular weight excluding hydrogens is 360 g/mol. The van der Waals surface area contributed by atoms with Crippen LogP contribution in [0.15, 0.2) is 0 Å². The van der Waals surface area contributed by atoms with Gasteiger partial charge in [-0.2, -0.15) is 0 Å². The van der Waals surface area contributed by atoms with E-state index in [0.29, 0.717) is 12.8 Å². The van der Waals surface area contributed by atoms with Crippen LogP contribution in [0.3, 0.4) is 0 Å². The second kappa shape index (κ2) is 8.23. The lowest BCUT2D eigenvalue weighted by Gasteiger charge is -2.52. The number of Topliss-reactive ketones (excluding diaryl/α,β-unsaturated/α-hetero) is 2. The molecule has 0 radical (unpaired) electrons. The first kappa shape index (κ1) is 22.6. The Balaban J connectivity index is 1.61. The lowest BCUT2D eigenvalue weighted by atomic mass is 9.51. The van der Waals surface area contributed by atoms with Crippen molar-refractivity contribution in [2.75, 3.05) is 0 Å². The van der Waals surface area contributed by atoms with Gasteiger partial charge in [0.15, 0.2) is 11.8 Å². The summed E-state index contributed by atoms with van der Waals surface area (Å²) >= 11 is 0. The fraction of sp³-hybridized carbons (Fsp3) is 0.920. The zero-order chi connectivity index (χ0) is 21.4. The number of carbonyl (C=O) groups excluding carboxylic acids is 2. The molecule has 0 amide bonds. The molecule has 2 heterocycles. The predicted octanol–water partition coefficient (Wildman–Crippen LogP) is 6.29. The van der Waals surface area contributed by atoms with Crippen LogP contribution in [0.1, 0.15) is 112 Å². The highest BCUT2D eigenvalue weighted by Crippen LogP contribution is 2.63. The minimum atomic E-state index is -0.865. The molecule has 0 N–H and O–H groups in total. The maximum Gasteiger partial charge on any atom is 0.213 e. The van der Waals surface area contributed by atoms with Crippen molar-refractivity contribution in [1.82, 2.24) is 0 Å². The summed E-state index contributed by atoms with van der Waals surface area (Å²) in [5.41, 5.74) is 9.83. The van der Waals surface area contributed by atoms with Crippen LogP contribution < -0.4 is 0 Å². The smallest absolute Gasteiger partial charge is 0.213 e. The summed E-state index contributed by atoms with van der Waals surface area (Å²) in [5, 5.41) is 0. The molecule has 2 unspecified atom stereocenters. The first-order valence-corrected chi connectivity index (χ1v) is 12.1. The quantitative estimate of drug-likeness (QED) is 0.245. The van der Waals surface area contributed by atoms with Crippen molar-refractivity contribution in [2.45, 2.75) is 124 Å². The van der Waals surface area contributed by atoms with Gasteiger partial charge < -0.3 is 10.2 Å². The monoisotopic (exact) mass is 402 g/mol. The summed E-state index contributed by atoms with van der Waals surface area (Å²) in [7, 11) is 0. The molecule has 4 fully saturated rings. The Labute approximate surface area is 177 Å². The van der Waals surface area contributed by atoms with Crippen LogP contribution in [0.2, 0.25) is 0 Å². The Kier molecular flexibility index (Phi) is 6.42. The van der Waals surface area contributed by atoms with E-state index in [1.165, 1.54) is 49.6 Å². The molecule has 0 aromatic heterocycles. The third-order valence-corrected chi connectivity index (χ3v) is 8.09. The maximum atomic E-state index is 13.6. The van der Waals surface area contributed by atoms with E-state index in [-0.39, 0.29) is 34.4 Å². The number of ketones is 2. The van der Waals surface area contributed by atoms with E-state index in [9.17, 15) is 15.1 Å². The number of unbranched alkanes of at least 4 members (excludes halogenated alkanes) is 8. The minimum absolute atomic E-state index is 0.00655. The number of fused-ring (bicyclic) bond motifs is 2. The van der Waals surface area contributed by atoms with Gasteiger partial charge in [0.25, 0.3) is 0 Å². The van der Waals surface area contributed by atoms with Gasteiger partial charge in [-0.15, -0.1) is 0 Å². The maximum absolute atomic E-state index is 13.6. The molecule has 3 bridgehead atoms. The van der Waals surface area contributed by atoms with Crippen LogP contribution in [0.5, 0.6) is 0 Å². The second-order valence-electron chi connectivity index (χ2n) is 11.6. The van der Waals surface area contributed by atoms with Gasteiger partial charge in [0, 0.05) is 10.8 Å². The number of carbonyl (C=O) groups is 2. The molecule has 0 aromatic rings. The van der Waals surface area contributed by atoms with Crippen LogP contribution in [-0.4, -0.2) is 28.3 Å². The van der Waals surface area contributed by atoms with E-state index >= 15 is 0 Å². The van der Waals surface area contributed by atoms with E-state index < -0.39 is 11.5 Å². The van der Waals surface area contributed by atoms with Crippen LogP contribution in [0.25, 0.3) is 5.53 Å². The molecule has 2 atom stereocenters. The topological polar surface area (TPSA) is 59.4 Å². The molecule has 2 aliphatic heterocycles. The fourth-order valence-electron chi connectivity index (χ4n) is 7.45. The number of nitrogens with zero attached hydrogens (tertiary/aromatic N) is 2. The van der Waals surface area contributed by atoms with Crippen molar-refractivity contribution in [2.24, 2.45) is 22.2 Å². The molecule has 2 saturated carbocycles. The molecular formula is C25H42N2O2. The lowest BCUT2D eigenvalue weighted by molar-refractivity contribution is -0.640. The van der Waals surface area contributed by atoms with E-state index in [4.69, 9.17) is 0 Å². The van der Waals surface area contributed by atoms with Gasteiger partial charge in [0.1, 0.15) is 0 Å². The molecule has 1 spiro atoms. The fourth-order valence-corrected chi connectivity index (χ4v) is 7.45. The van der Waals surface area contributed by atoms with Crippen LogP contribution in [-0.2, 0) is 9.59 Å². The molecule has 4 rings (SSSR count). The predicted molar refractivity (Wildman–Crippen MR) is 116 cm³/mol. The molecule has 2 aliphatic carbocycles. The van der Waals surface area contributed by atoms with Gasteiger partial charge in [0.2, 0.25) is 11.8 Å². The van der Waals surface area contributed by atoms with Gasteiger partial charge >= 0.3 is 0 Å². The summed E-state index contributed by atoms with van der Waals surface area (Å²) in [6, 6.07) is -0.705. The van der Waals surface area contributed by atoms with Crippen molar-refractivity contribution >= 4 is 11.6 Å². The third kappa shape index (κ3) is 3.85. The Hall–Kier alpha value is -1.06. The highest BCUT2D eigenvalue weighted by Gasteiger charge is 2.74. The number of hydrogen-bond donors (Lipinski definition) is 0. The van der Waals surface area contributed by atoms with Gasteiger partial charge in [0.05, 0.1) is 11.3 Å². The summed E-state index contributed by atoms with van der Waals surface area (Å²) < 4.78 is 1.33. The van der Waals surface area contributed by atoms with Crippen LogP contribution in [0.4, 0.5) is 0 Å². The van der Waals surface area contributed by atoms with Crippen LogP contribution >= 0.6 is 0 Å². The first-order chi connectivity index (χ1) is 13.6. The minimum Gasteiger partial charge on any atom is -0.506 e. The van der Waals surface area contributed by atoms with E-state index in [1.54, 1.807) is 0 Å². The SMILES string of the molecule is CCCCCCCCCCCC1C(=O)C23CC(C)(C)C([N+](=[N-])C1C2=O)C(C)(C)C3.